The number of methoxy groups -OCH3 is 1. The number of allylic oxidation sites excluding steroid dienone is 1. The first kappa shape index (κ1) is 18.9. The predicted octanol–water partition coefficient (Wildman–Crippen LogP) is 5.58. The van der Waals surface area contributed by atoms with Crippen LogP contribution in [0.5, 0.6) is 17.2 Å². The molecule has 0 amide bonds. The molecule has 0 saturated heterocycles. The third-order valence-electron chi connectivity index (χ3n) is 3.94. The first-order chi connectivity index (χ1) is 12.1. The lowest BCUT2D eigenvalue weighted by atomic mass is 10.1. The average molecular weight is 340 g/mol. The van der Waals surface area contributed by atoms with E-state index >= 15 is 0 Å². The second-order valence-corrected chi connectivity index (χ2v) is 6.08. The van der Waals surface area contributed by atoms with E-state index < -0.39 is 0 Å². The zero-order chi connectivity index (χ0) is 18.1. The Labute approximate surface area is 151 Å². The number of hydrogen-bond donors (Lipinski definition) is 0. The smallest absolute Gasteiger partial charge is 0.161 e. The fourth-order valence-corrected chi connectivity index (χ4v) is 2.53. The second-order valence-electron chi connectivity index (χ2n) is 6.08. The molecule has 3 nitrogen and oxygen atoms in total. The fourth-order valence-electron chi connectivity index (χ4n) is 2.53. The lowest BCUT2D eigenvalue weighted by Crippen LogP contribution is -2.04. The van der Waals surface area contributed by atoms with Crippen LogP contribution in [0.15, 0.2) is 42.5 Å². The molecule has 0 spiro atoms. The number of benzene rings is 2. The Bertz CT molecular complexity index is 704. The number of rotatable bonds is 9. The van der Waals surface area contributed by atoms with Crippen molar-refractivity contribution < 1.29 is 14.2 Å². The Kier molecular flexibility index (Phi) is 7.39. The molecular formula is C22H28O3. The minimum absolute atomic E-state index is 0.648. The van der Waals surface area contributed by atoms with Gasteiger partial charge in [0.2, 0.25) is 0 Å². The van der Waals surface area contributed by atoms with Gasteiger partial charge in [0, 0.05) is 0 Å². The van der Waals surface area contributed by atoms with Crippen LogP contribution in [0.3, 0.4) is 0 Å². The van der Waals surface area contributed by atoms with Crippen molar-refractivity contribution >= 4 is 6.08 Å². The van der Waals surface area contributed by atoms with E-state index in [4.69, 9.17) is 14.2 Å². The Morgan fingerprint density at radius 2 is 1.56 bits per heavy atom. The van der Waals surface area contributed by atoms with E-state index in [1.165, 1.54) is 11.1 Å². The van der Waals surface area contributed by atoms with Gasteiger partial charge in [0.15, 0.2) is 11.5 Å². The van der Waals surface area contributed by atoms with Crippen molar-refractivity contribution in [1.29, 1.82) is 0 Å². The fraction of sp³-hybridized carbons (Fsp3) is 0.364. The topological polar surface area (TPSA) is 27.7 Å². The van der Waals surface area contributed by atoms with Crippen molar-refractivity contribution in [3.63, 3.8) is 0 Å². The molecule has 0 aliphatic carbocycles. The quantitative estimate of drug-likeness (QED) is 0.557. The van der Waals surface area contributed by atoms with E-state index in [1.54, 1.807) is 7.11 Å². The third-order valence-corrected chi connectivity index (χ3v) is 3.94. The van der Waals surface area contributed by atoms with Crippen molar-refractivity contribution in [2.45, 2.75) is 33.6 Å². The molecule has 0 aromatic heterocycles. The highest BCUT2D eigenvalue weighted by Crippen LogP contribution is 2.28. The number of unbranched alkanes of at least 4 members (excludes halogenated alkanes) is 1. The van der Waals surface area contributed by atoms with Gasteiger partial charge in [-0.15, -0.1) is 0 Å². The maximum absolute atomic E-state index is 5.87. The Balaban J connectivity index is 1.75. The molecular weight excluding hydrogens is 312 g/mol. The van der Waals surface area contributed by atoms with Gasteiger partial charge in [0.25, 0.3) is 0 Å². The molecule has 0 unspecified atom stereocenters. The van der Waals surface area contributed by atoms with Gasteiger partial charge in [0.1, 0.15) is 5.75 Å². The molecule has 0 saturated carbocycles. The van der Waals surface area contributed by atoms with E-state index in [0.717, 1.165) is 35.7 Å². The summed E-state index contributed by atoms with van der Waals surface area (Å²) in [6.45, 7) is 7.49. The minimum atomic E-state index is 0.648. The van der Waals surface area contributed by atoms with Crippen molar-refractivity contribution in [3.8, 4) is 17.2 Å². The Morgan fingerprint density at radius 1 is 0.840 bits per heavy atom. The standard InChI is InChI=1S/C22H28O3/c1-5-8-19-11-12-20(22(16-19)23-4)24-13-6-7-14-25-21-15-17(2)9-10-18(21)3/h5,8-12,15-16H,6-7,13-14H2,1-4H3/b8-5+. The van der Waals surface area contributed by atoms with Gasteiger partial charge >= 0.3 is 0 Å². The normalized spacial score (nSPS) is 10.9. The molecule has 25 heavy (non-hydrogen) atoms. The maximum atomic E-state index is 5.87. The highest BCUT2D eigenvalue weighted by Gasteiger charge is 2.05. The van der Waals surface area contributed by atoms with E-state index in [0.29, 0.717) is 13.2 Å². The molecule has 0 fully saturated rings. The van der Waals surface area contributed by atoms with Crippen LogP contribution in [-0.4, -0.2) is 20.3 Å². The molecule has 2 aromatic rings. The molecule has 0 atom stereocenters. The summed E-state index contributed by atoms with van der Waals surface area (Å²) >= 11 is 0. The van der Waals surface area contributed by atoms with Crippen LogP contribution in [0.25, 0.3) is 6.08 Å². The summed E-state index contributed by atoms with van der Waals surface area (Å²) in [5.74, 6) is 2.52. The number of hydrogen-bond acceptors (Lipinski definition) is 3. The second kappa shape index (κ2) is 9.77. The largest absolute Gasteiger partial charge is 0.493 e. The van der Waals surface area contributed by atoms with Crippen LogP contribution < -0.4 is 14.2 Å². The first-order valence-corrected chi connectivity index (χ1v) is 8.77. The van der Waals surface area contributed by atoms with Gasteiger partial charge in [-0.25, -0.2) is 0 Å². The molecule has 3 heteroatoms. The average Bonchev–Trinajstić information content (AvgIpc) is 2.61. The van der Waals surface area contributed by atoms with Gasteiger partial charge in [0.05, 0.1) is 20.3 Å². The Hall–Kier alpha value is -2.42. The van der Waals surface area contributed by atoms with Gasteiger partial charge in [-0.1, -0.05) is 30.4 Å². The summed E-state index contributed by atoms with van der Waals surface area (Å²) in [7, 11) is 1.67. The lowest BCUT2D eigenvalue weighted by Gasteiger charge is -2.12. The van der Waals surface area contributed by atoms with Crippen LogP contribution >= 0.6 is 0 Å². The van der Waals surface area contributed by atoms with E-state index in [1.807, 2.05) is 37.3 Å². The molecule has 0 radical (unpaired) electrons. The summed E-state index contributed by atoms with van der Waals surface area (Å²) in [6, 6.07) is 12.3. The Morgan fingerprint density at radius 3 is 2.24 bits per heavy atom. The van der Waals surface area contributed by atoms with Crippen LogP contribution in [0, 0.1) is 13.8 Å². The van der Waals surface area contributed by atoms with Crippen LogP contribution in [0.1, 0.15) is 36.5 Å². The number of aryl methyl sites for hydroxylation is 2. The van der Waals surface area contributed by atoms with E-state index in [9.17, 15) is 0 Å². The number of ether oxygens (including phenoxy) is 3. The first-order valence-electron chi connectivity index (χ1n) is 8.77. The zero-order valence-corrected chi connectivity index (χ0v) is 15.7. The lowest BCUT2D eigenvalue weighted by molar-refractivity contribution is 0.257. The molecule has 0 bridgehead atoms. The molecule has 0 heterocycles. The summed E-state index contributed by atoms with van der Waals surface area (Å²) < 4.78 is 17.1. The van der Waals surface area contributed by atoms with Crippen molar-refractivity contribution in [2.24, 2.45) is 0 Å². The van der Waals surface area contributed by atoms with Gasteiger partial charge in [-0.05, 0) is 68.5 Å². The van der Waals surface area contributed by atoms with Gasteiger partial charge in [-0.2, -0.15) is 0 Å². The van der Waals surface area contributed by atoms with Crippen molar-refractivity contribution in [1.82, 2.24) is 0 Å². The van der Waals surface area contributed by atoms with Gasteiger partial charge < -0.3 is 14.2 Å². The highest BCUT2D eigenvalue weighted by atomic mass is 16.5. The van der Waals surface area contributed by atoms with Crippen molar-refractivity contribution in [3.05, 3.63) is 59.2 Å². The minimum Gasteiger partial charge on any atom is -0.493 e. The summed E-state index contributed by atoms with van der Waals surface area (Å²) in [4.78, 5) is 0. The van der Waals surface area contributed by atoms with Crippen LogP contribution in [0.4, 0.5) is 0 Å². The molecule has 2 rings (SSSR count). The highest BCUT2D eigenvalue weighted by molar-refractivity contribution is 5.55. The SMILES string of the molecule is C/C=C/c1ccc(OCCCCOc2cc(C)ccc2C)c(OC)c1. The van der Waals surface area contributed by atoms with Crippen molar-refractivity contribution in [2.75, 3.05) is 20.3 Å². The summed E-state index contributed by atoms with van der Waals surface area (Å²) in [5, 5.41) is 0. The van der Waals surface area contributed by atoms with E-state index in [2.05, 4.69) is 32.0 Å². The molecule has 0 aliphatic heterocycles. The molecule has 134 valence electrons. The molecule has 2 aromatic carbocycles. The van der Waals surface area contributed by atoms with Crippen LogP contribution in [0.2, 0.25) is 0 Å². The predicted molar refractivity (Wildman–Crippen MR) is 104 cm³/mol. The zero-order valence-electron chi connectivity index (χ0n) is 15.7. The third kappa shape index (κ3) is 5.86. The molecule has 0 N–H and O–H groups in total. The summed E-state index contributed by atoms with van der Waals surface area (Å²) in [5.41, 5.74) is 3.50. The van der Waals surface area contributed by atoms with Gasteiger partial charge in [-0.3, -0.25) is 0 Å². The maximum Gasteiger partial charge on any atom is 0.161 e. The van der Waals surface area contributed by atoms with Crippen LogP contribution in [-0.2, 0) is 0 Å². The molecule has 0 aliphatic rings. The van der Waals surface area contributed by atoms with E-state index in [-0.39, 0.29) is 0 Å². The monoisotopic (exact) mass is 340 g/mol. The summed E-state index contributed by atoms with van der Waals surface area (Å²) in [6.07, 6.45) is 5.93.